The van der Waals surface area contributed by atoms with Crippen LogP contribution in [0.25, 0.3) is 5.57 Å². The van der Waals surface area contributed by atoms with E-state index in [1.54, 1.807) is 23.1 Å². The van der Waals surface area contributed by atoms with E-state index in [1.165, 1.54) is 0 Å². The number of rotatable bonds is 2. The number of carbonyl (C=O) groups excluding carboxylic acids is 2. The Kier molecular flexibility index (Phi) is 2.64. The van der Waals surface area contributed by atoms with E-state index in [4.69, 9.17) is 5.73 Å². The van der Waals surface area contributed by atoms with Crippen LogP contribution in [0.1, 0.15) is 15.9 Å². The molecule has 0 radical (unpaired) electrons. The summed E-state index contributed by atoms with van der Waals surface area (Å²) < 4.78 is 0. The summed E-state index contributed by atoms with van der Waals surface area (Å²) in [5, 5.41) is 0. The van der Waals surface area contributed by atoms with Crippen LogP contribution < -0.4 is 10.6 Å². The molecule has 0 fully saturated rings. The van der Waals surface area contributed by atoms with Gasteiger partial charge in [0.15, 0.2) is 0 Å². The molecule has 1 heterocycles. The zero-order valence-electron chi connectivity index (χ0n) is 10.7. The summed E-state index contributed by atoms with van der Waals surface area (Å²) in [6.07, 6.45) is 0. The van der Waals surface area contributed by atoms with Crippen LogP contribution >= 0.6 is 0 Å². The average Bonchev–Trinajstić information content (AvgIpc) is 2.71. The minimum Gasteiger partial charge on any atom is -0.366 e. The molecule has 0 aromatic heterocycles. The van der Waals surface area contributed by atoms with Crippen molar-refractivity contribution in [2.24, 2.45) is 5.73 Å². The Morgan fingerprint density at radius 1 is 1.10 bits per heavy atom. The van der Waals surface area contributed by atoms with Crippen molar-refractivity contribution in [3.05, 3.63) is 66.2 Å². The highest BCUT2D eigenvalue weighted by Gasteiger charge is 2.32. The highest BCUT2D eigenvalue weighted by atomic mass is 16.2. The predicted octanol–water partition coefficient (Wildman–Crippen LogP) is 2.48. The topological polar surface area (TPSA) is 63.4 Å². The van der Waals surface area contributed by atoms with E-state index >= 15 is 0 Å². The molecule has 1 aliphatic rings. The quantitative estimate of drug-likeness (QED) is 0.847. The van der Waals surface area contributed by atoms with Gasteiger partial charge in [0.2, 0.25) is 5.91 Å². The Balaban J connectivity index is 2.20. The van der Waals surface area contributed by atoms with Crippen molar-refractivity contribution in [2.45, 2.75) is 0 Å². The van der Waals surface area contributed by atoms with Gasteiger partial charge in [0.05, 0.1) is 5.69 Å². The second kappa shape index (κ2) is 4.35. The molecular weight excluding hydrogens is 252 g/mol. The minimum absolute atomic E-state index is 0.187. The Bertz CT molecular complexity index is 735. The van der Waals surface area contributed by atoms with Gasteiger partial charge in [0.25, 0.3) is 5.91 Å². The summed E-state index contributed by atoms with van der Waals surface area (Å²) in [6, 6.07) is 14.2. The molecule has 0 bridgehead atoms. The summed E-state index contributed by atoms with van der Waals surface area (Å²) >= 11 is 0. The average molecular weight is 264 g/mol. The lowest BCUT2D eigenvalue weighted by Crippen LogP contribution is -2.20. The molecule has 20 heavy (non-hydrogen) atoms. The number of carbonyl (C=O) groups is 2. The Hall–Kier alpha value is -2.88. The van der Waals surface area contributed by atoms with Crippen LogP contribution in [0.5, 0.6) is 0 Å². The molecular formula is C16H12N2O2. The molecule has 1 aliphatic heterocycles. The highest BCUT2D eigenvalue weighted by Crippen LogP contribution is 2.40. The number of nitrogens with two attached hydrogens (primary N) is 1. The molecule has 2 amide bonds. The fraction of sp³-hybridized carbons (Fsp3) is 0. The van der Waals surface area contributed by atoms with Gasteiger partial charge in [0.1, 0.15) is 0 Å². The zero-order valence-corrected chi connectivity index (χ0v) is 10.7. The van der Waals surface area contributed by atoms with E-state index in [0.29, 0.717) is 16.8 Å². The summed E-state index contributed by atoms with van der Waals surface area (Å²) in [7, 11) is 0. The first kappa shape index (κ1) is 12.2. The molecule has 0 saturated carbocycles. The molecule has 4 nitrogen and oxygen atoms in total. The molecule has 98 valence electrons. The number of hydrogen-bond donors (Lipinski definition) is 1. The van der Waals surface area contributed by atoms with Crippen LogP contribution in [0.2, 0.25) is 0 Å². The van der Waals surface area contributed by atoms with Crippen molar-refractivity contribution < 1.29 is 9.59 Å². The molecule has 3 rings (SSSR count). The van der Waals surface area contributed by atoms with Crippen LogP contribution in [0, 0.1) is 0 Å². The van der Waals surface area contributed by atoms with E-state index in [9.17, 15) is 9.59 Å². The molecule has 0 spiro atoms. The third-order valence-electron chi connectivity index (χ3n) is 3.32. The van der Waals surface area contributed by atoms with Gasteiger partial charge >= 0.3 is 0 Å². The monoisotopic (exact) mass is 264 g/mol. The normalized spacial score (nSPS) is 13.5. The van der Waals surface area contributed by atoms with Gasteiger partial charge in [-0.1, -0.05) is 30.8 Å². The summed E-state index contributed by atoms with van der Waals surface area (Å²) in [5.41, 5.74) is 8.18. The van der Waals surface area contributed by atoms with E-state index in [1.807, 2.05) is 30.3 Å². The van der Waals surface area contributed by atoms with Gasteiger partial charge in [-0.25, -0.2) is 0 Å². The summed E-state index contributed by atoms with van der Waals surface area (Å²) in [6.45, 7) is 3.82. The standard InChI is InChI=1S/C16H12N2O2/c1-10-13-8-7-11(15(17)19)9-14(13)18(16(10)20)12-5-3-2-4-6-12/h2-9H,1H2,(H2,17,19). The van der Waals surface area contributed by atoms with Gasteiger partial charge < -0.3 is 5.73 Å². The molecule has 0 atom stereocenters. The number of nitrogens with zero attached hydrogens (tertiary/aromatic N) is 1. The number of benzene rings is 2. The zero-order chi connectivity index (χ0) is 14.3. The number of para-hydroxylation sites is 1. The van der Waals surface area contributed by atoms with Crippen LogP contribution in [-0.4, -0.2) is 11.8 Å². The van der Waals surface area contributed by atoms with Crippen molar-refractivity contribution >= 4 is 28.8 Å². The van der Waals surface area contributed by atoms with Crippen LogP contribution in [0.4, 0.5) is 11.4 Å². The van der Waals surface area contributed by atoms with Crippen LogP contribution in [-0.2, 0) is 4.79 Å². The van der Waals surface area contributed by atoms with E-state index in [2.05, 4.69) is 6.58 Å². The molecule has 0 saturated heterocycles. The number of hydrogen-bond acceptors (Lipinski definition) is 2. The minimum atomic E-state index is -0.522. The highest BCUT2D eigenvalue weighted by molar-refractivity contribution is 6.34. The lowest BCUT2D eigenvalue weighted by atomic mass is 10.1. The Morgan fingerprint density at radius 2 is 1.80 bits per heavy atom. The maximum Gasteiger partial charge on any atom is 0.262 e. The number of primary amides is 1. The fourth-order valence-electron chi connectivity index (χ4n) is 2.32. The molecule has 4 heteroatoms. The largest absolute Gasteiger partial charge is 0.366 e. The van der Waals surface area contributed by atoms with Crippen molar-refractivity contribution in [3.8, 4) is 0 Å². The maximum absolute atomic E-state index is 12.4. The molecule has 0 unspecified atom stereocenters. The maximum atomic E-state index is 12.4. The molecule has 2 aromatic rings. The molecule has 0 aliphatic carbocycles. The first-order valence-electron chi connectivity index (χ1n) is 6.12. The number of anilines is 2. The van der Waals surface area contributed by atoms with Crippen LogP contribution in [0.15, 0.2) is 55.1 Å². The third-order valence-corrected chi connectivity index (χ3v) is 3.32. The van der Waals surface area contributed by atoms with E-state index in [-0.39, 0.29) is 5.91 Å². The lowest BCUT2D eigenvalue weighted by Gasteiger charge is -2.17. The van der Waals surface area contributed by atoms with Gasteiger partial charge in [-0.05, 0) is 24.3 Å². The molecule has 2 N–H and O–H groups in total. The van der Waals surface area contributed by atoms with Crippen molar-refractivity contribution in [1.82, 2.24) is 0 Å². The van der Waals surface area contributed by atoms with E-state index in [0.717, 1.165) is 11.3 Å². The number of amides is 2. The SMILES string of the molecule is C=C1C(=O)N(c2ccccc2)c2cc(C(N)=O)ccc21. The van der Waals surface area contributed by atoms with Crippen molar-refractivity contribution in [2.75, 3.05) is 4.90 Å². The van der Waals surface area contributed by atoms with Gasteiger partial charge in [-0.3, -0.25) is 14.5 Å². The first-order valence-corrected chi connectivity index (χ1v) is 6.12. The molecule has 2 aromatic carbocycles. The smallest absolute Gasteiger partial charge is 0.262 e. The van der Waals surface area contributed by atoms with Crippen molar-refractivity contribution in [3.63, 3.8) is 0 Å². The number of fused-ring (bicyclic) bond motifs is 1. The predicted molar refractivity (Wildman–Crippen MR) is 77.6 cm³/mol. The Morgan fingerprint density at radius 3 is 2.45 bits per heavy atom. The fourth-order valence-corrected chi connectivity index (χ4v) is 2.32. The van der Waals surface area contributed by atoms with Crippen LogP contribution in [0.3, 0.4) is 0 Å². The van der Waals surface area contributed by atoms with E-state index < -0.39 is 5.91 Å². The van der Waals surface area contributed by atoms with Gasteiger partial charge in [0, 0.05) is 22.4 Å². The van der Waals surface area contributed by atoms with Gasteiger partial charge in [-0.15, -0.1) is 0 Å². The summed E-state index contributed by atoms with van der Waals surface area (Å²) in [4.78, 5) is 25.2. The lowest BCUT2D eigenvalue weighted by molar-refractivity contribution is -0.112. The first-order chi connectivity index (χ1) is 9.59. The third kappa shape index (κ3) is 1.70. The second-order valence-electron chi connectivity index (χ2n) is 4.55. The van der Waals surface area contributed by atoms with Gasteiger partial charge in [-0.2, -0.15) is 0 Å². The second-order valence-corrected chi connectivity index (χ2v) is 4.55. The Labute approximate surface area is 116 Å². The van der Waals surface area contributed by atoms with Crippen molar-refractivity contribution in [1.29, 1.82) is 0 Å². The summed E-state index contributed by atoms with van der Waals surface area (Å²) in [5.74, 6) is -0.710.